The molecule has 0 aliphatic rings. The topological polar surface area (TPSA) is 74.8 Å². The van der Waals surface area contributed by atoms with E-state index < -0.39 is 0 Å². The molecule has 23 heavy (non-hydrogen) atoms. The minimum atomic E-state index is -0.382. The third kappa shape index (κ3) is 6.65. The van der Waals surface area contributed by atoms with E-state index in [1.807, 2.05) is 6.92 Å². The van der Waals surface area contributed by atoms with Gasteiger partial charge in [-0.05, 0) is 31.5 Å². The lowest BCUT2D eigenvalue weighted by molar-refractivity contribution is 0.0954. The molecule has 0 aliphatic carbocycles. The van der Waals surface area contributed by atoms with Crippen molar-refractivity contribution in [2.45, 2.75) is 19.9 Å². The van der Waals surface area contributed by atoms with E-state index in [-0.39, 0.29) is 17.8 Å². The van der Waals surface area contributed by atoms with Crippen LogP contribution in [0.5, 0.6) is 0 Å². The number of ether oxygens (including phenoxy) is 1. The number of nitrogens with zero attached hydrogens (tertiary/aromatic N) is 1. The standard InChI is InChI=1S/C16H25FN4O2/c1-11-5-6-13(9-14(11)17)15(22)19-7-8-20-16(18-3)21-12(2)10-23-4/h5-6,9,12H,7-8,10H2,1-4H3,(H,19,22)(H2,18,20,21). The first kappa shape index (κ1) is 18.9. The Labute approximate surface area is 136 Å². The predicted octanol–water partition coefficient (Wildman–Crippen LogP) is 1.06. The Balaban J connectivity index is 2.35. The predicted molar refractivity (Wildman–Crippen MR) is 89.3 cm³/mol. The van der Waals surface area contributed by atoms with Crippen molar-refractivity contribution in [3.8, 4) is 0 Å². The van der Waals surface area contributed by atoms with E-state index in [2.05, 4.69) is 20.9 Å². The molecular weight excluding hydrogens is 299 g/mol. The molecule has 6 nitrogen and oxygen atoms in total. The smallest absolute Gasteiger partial charge is 0.251 e. The fraction of sp³-hybridized carbons (Fsp3) is 0.500. The summed E-state index contributed by atoms with van der Waals surface area (Å²) in [6.45, 7) is 5.10. The first-order valence-corrected chi connectivity index (χ1v) is 7.48. The number of aryl methyl sites for hydroxylation is 1. The molecule has 1 aromatic rings. The first-order chi connectivity index (χ1) is 11.0. The fourth-order valence-corrected chi connectivity index (χ4v) is 1.91. The molecule has 1 amide bonds. The van der Waals surface area contributed by atoms with Crippen LogP contribution in [-0.4, -0.2) is 51.8 Å². The molecule has 1 atom stereocenters. The molecule has 0 aromatic heterocycles. The van der Waals surface area contributed by atoms with Crippen molar-refractivity contribution in [3.63, 3.8) is 0 Å². The van der Waals surface area contributed by atoms with Gasteiger partial charge in [-0.3, -0.25) is 9.79 Å². The van der Waals surface area contributed by atoms with Crippen molar-refractivity contribution >= 4 is 11.9 Å². The highest BCUT2D eigenvalue weighted by Crippen LogP contribution is 2.08. The lowest BCUT2D eigenvalue weighted by Gasteiger charge is -2.17. The number of benzene rings is 1. The minimum absolute atomic E-state index is 0.122. The van der Waals surface area contributed by atoms with Crippen LogP contribution >= 0.6 is 0 Å². The number of hydrogen-bond donors (Lipinski definition) is 3. The van der Waals surface area contributed by atoms with E-state index in [1.165, 1.54) is 6.07 Å². The van der Waals surface area contributed by atoms with Crippen molar-refractivity contribution in [1.29, 1.82) is 0 Å². The summed E-state index contributed by atoms with van der Waals surface area (Å²) in [4.78, 5) is 16.0. The van der Waals surface area contributed by atoms with Gasteiger partial charge in [-0.2, -0.15) is 0 Å². The molecule has 0 fully saturated rings. The van der Waals surface area contributed by atoms with E-state index in [4.69, 9.17) is 4.74 Å². The van der Waals surface area contributed by atoms with Crippen molar-refractivity contribution in [1.82, 2.24) is 16.0 Å². The van der Waals surface area contributed by atoms with Crippen LogP contribution in [0.4, 0.5) is 4.39 Å². The molecule has 1 aromatic carbocycles. The van der Waals surface area contributed by atoms with Crippen molar-refractivity contribution in [2.75, 3.05) is 33.9 Å². The number of guanidine groups is 1. The number of aliphatic imine (C=N–C) groups is 1. The van der Waals surface area contributed by atoms with Crippen LogP contribution in [0.1, 0.15) is 22.8 Å². The molecule has 0 saturated carbocycles. The lowest BCUT2D eigenvalue weighted by Crippen LogP contribution is -2.46. The Kier molecular flexibility index (Phi) is 8.04. The van der Waals surface area contributed by atoms with Gasteiger partial charge in [0.15, 0.2) is 5.96 Å². The summed E-state index contributed by atoms with van der Waals surface area (Å²) in [5.74, 6) is -0.0564. The van der Waals surface area contributed by atoms with Crippen molar-refractivity contribution < 1.29 is 13.9 Å². The summed E-state index contributed by atoms with van der Waals surface area (Å²) in [5, 5.41) is 8.96. The number of rotatable bonds is 7. The molecule has 1 rings (SSSR count). The van der Waals surface area contributed by atoms with Gasteiger partial charge in [0.2, 0.25) is 0 Å². The van der Waals surface area contributed by atoms with E-state index >= 15 is 0 Å². The number of carbonyl (C=O) groups excluding carboxylic acids is 1. The zero-order valence-electron chi connectivity index (χ0n) is 14.1. The third-order valence-corrected chi connectivity index (χ3v) is 3.16. The second-order valence-electron chi connectivity index (χ2n) is 5.22. The highest BCUT2D eigenvalue weighted by molar-refractivity contribution is 5.94. The molecule has 1 unspecified atom stereocenters. The number of amides is 1. The second-order valence-corrected chi connectivity index (χ2v) is 5.22. The van der Waals surface area contributed by atoms with Gasteiger partial charge in [0.1, 0.15) is 5.82 Å². The van der Waals surface area contributed by atoms with Gasteiger partial charge in [-0.25, -0.2) is 4.39 Å². The van der Waals surface area contributed by atoms with Crippen LogP contribution in [0, 0.1) is 12.7 Å². The van der Waals surface area contributed by atoms with Crippen LogP contribution in [0.3, 0.4) is 0 Å². The van der Waals surface area contributed by atoms with Gasteiger partial charge in [0.25, 0.3) is 5.91 Å². The largest absolute Gasteiger partial charge is 0.383 e. The average Bonchev–Trinajstić information content (AvgIpc) is 2.52. The number of nitrogens with one attached hydrogen (secondary N) is 3. The molecule has 128 valence electrons. The monoisotopic (exact) mass is 324 g/mol. The number of halogens is 1. The van der Waals surface area contributed by atoms with Gasteiger partial charge in [-0.1, -0.05) is 6.07 Å². The minimum Gasteiger partial charge on any atom is -0.383 e. The van der Waals surface area contributed by atoms with E-state index in [0.717, 1.165) is 0 Å². The normalized spacial score (nSPS) is 12.7. The van der Waals surface area contributed by atoms with Crippen LogP contribution < -0.4 is 16.0 Å². The van der Waals surface area contributed by atoms with E-state index in [0.29, 0.717) is 36.8 Å². The second kappa shape index (κ2) is 9.78. The molecule has 0 radical (unpaired) electrons. The molecule has 0 heterocycles. The Morgan fingerprint density at radius 1 is 1.35 bits per heavy atom. The van der Waals surface area contributed by atoms with Crippen LogP contribution in [0.25, 0.3) is 0 Å². The lowest BCUT2D eigenvalue weighted by atomic mass is 10.1. The van der Waals surface area contributed by atoms with Crippen molar-refractivity contribution in [3.05, 3.63) is 35.1 Å². The van der Waals surface area contributed by atoms with Gasteiger partial charge >= 0.3 is 0 Å². The maximum absolute atomic E-state index is 13.4. The van der Waals surface area contributed by atoms with Gasteiger partial charge < -0.3 is 20.7 Å². The zero-order valence-corrected chi connectivity index (χ0v) is 14.1. The molecule has 0 aliphatic heterocycles. The summed E-state index contributed by atoms with van der Waals surface area (Å²) in [7, 11) is 3.31. The Morgan fingerprint density at radius 3 is 2.65 bits per heavy atom. The number of methoxy groups -OCH3 is 1. The average molecular weight is 324 g/mol. The van der Waals surface area contributed by atoms with Crippen molar-refractivity contribution in [2.24, 2.45) is 4.99 Å². The Bertz CT molecular complexity index is 549. The molecule has 0 bridgehead atoms. The quantitative estimate of drug-likeness (QED) is 0.398. The Morgan fingerprint density at radius 2 is 2.04 bits per heavy atom. The maximum atomic E-state index is 13.4. The molecule has 0 spiro atoms. The van der Waals surface area contributed by atoms with Crippen LogP contribution in [-0.2, 0) is 4.74 Å². The number of hydrogen-bond acceptors (Lipinski definition) is 3. The van der Waals surface area contributed by atoms with Crippen LogP contribution in [0.15, 0.2) is 23.2 Å². The summed E-state index contributed by atoms with van der Waals surface area (Å²) in [5.41, 5.74) is 0.826. The van der Waals surface area contributed by atoms with Gasteiger partial charge in [-0.15, -0.1) is 0 Å². The van der Waals surface area contributed by atoms with Gasteiger partial charge in [0.05, 0.1) is 6.61 Å². The fourth-order valence-electron chi connectivity index (χ4n) is 1.91. The molecule has 3 N–H and O–H groups in total. The summed E-state index contributed by atoms with van der Waals surface area (Å²) in [6.07, 6.45) is 0. The zero-order chi connectivity index (χ0) is 17.2. The molecular formula is C16H25FN4O2. The maximum Gasteiger partial charge on any atom is 0.251 e. The number of carbonyl (C=O) groups is 1. The van der Waals surface area contributed by atoms with Crippen LogP contribution in [0.2, 0.25) is 0 Å². The highest BCUT2D eigenvalue weighted by Gasteiger charge is 2.08. The Hall–Kier alpha value is -2.15. The highest BCUT2D eigenvalue weighted by atomic mass is 19.1. The van der Waals surface area contributed by atoms with E-state index in [9.17, 15) is 9.18 Å². The third-order valence-electron chi connectivity index (χ3n) is 3.16. The summed E-state index contributed by atoms with van der Waals surface area (Å²) >= 11 is 0. The molecule has 7 heteroatoms. The summed E-state index contributed by atoms with van der Waals surface area (Å²) in [6, 6.07) is 4.56. The summed E-state index contributed by atoms with van der Waals surface area (Å²) < 4.78 is 18.5. The SMILES string of the molecule is CN=C(NCCNC(=O)c1ccc(C)c(F)c1)NC(C)COC. The first-order valence-electron chi connectivity index (χ1n) is 7.48. The molecule has 0 saturated heterocycles. The van der Waals surface area contributed by atoms with E-state index in [1.54, 1.807) is 33.2 Å². The van der Waals surface area contributed by atoms with Gasteiger partial charge in [0, 0.05) is 38.9 Å².